The van der Waals surface area contributed by atoms with Gasteiger partial charge in [-0.25, -0.2) is 5.43 Å². The molecule has 1 aromatic carbocycles. The number of nitrogens with zero attached hydrogens (tertiary/aromatic N) is 1. The highest BCUT2D eigenvalue weighted by Crippen LogP contribution is 2.35. The van der Waals surface area contributed by atoms with Crippen LogP contribution in [0.15, 0.2) is 29.4 Å². The van der Waals surface area contributed by atoms with Crippen LogP contribution in [-0.2, 0) is 4.79 Å². The molecule has 2 aliphatic rings. The van der Waals surface area contributed by atoms with Gasteiger partial charge in [0.25, 0.3) is 0 Å². The summed E-state index contributed by atoms with van der Waals surface area (Å²) < 4.78 is 0. The number of aliphatic hydroxyl groups is 1. The quantitative estimate of drug-likeness (QED) is 0.804. The lowest BCUT2D eigenvalue weighted by atomic mass is 9.73. The molecule has 1 amide bonds. The van der Waals surface area contributed by atoms with Crippen molar-refractivity contribution in [3.8, 4) is 0 Å². The SMILES string of the molecule is Cc1ccc(C2=NNC(=O)[C@@H]3C[C@H](O)CC[C@H]23)cc1. The smallest absolute Gasteiger partial charge is 0.243 e. The first-order valence-electron chi connectivity index (χ1n) is 6.77. The molecule has 0 unspecified atom stereocenters. The first kappa shape index (κ1) is 12.4. The summed E-state index contributed by atoms with van der Waals surface area (Å²) in [7, 11) is 0. The third-order valence-electron chi connectivity index (χ3n) is 4.14. The first-order chi connectivity index (χ1) is 9.15. The second-order valence-electron chi connectivity index (χ2n) is 5.52. The van der Waals surface area contributed by atoms with Crippen LogP contribution in [0, 0.1) is 18.8 Å². The van der Waals surface area contributed by atoms with Crippen molar-refractivity contribution in [1.82, 2.24) is 5.43 Å². The molecule has 0 radical (unpaired) electrons. The largest absolute Gasteiger partial charge is 0.393 e. The summed E-state index contributed by atoms with van der Waals surface area (Å²) in [5.74, 6) is -0.0583. The van der Waals surface area contributed by atoms with Gasteiger partial charge in [0, 0.05) is 5.92 Å². The molecule has 1 aromatic rings. The summed E-state index contributed by atoms with van der Waals surface area (Å²) in [6, 6.07) is 8.21. The molecule has 1 fully saturated rings. The van der Waals surface area contributed by atoms with E-state index in [-0.39, 0.29) is 23.8 Å². The molecule has 1 heterocycles. The Morgan fingerprint density at radius 1 is 1.21 bits per heavy atom. The molecule has 0 spiro atoms. The lowest BCUT2D eigenvalue weighted by molar-refractivity contribution is -0.129. The van der Waals surface area contributed by atoms with E-state index in [1.807, 2.05) is 19.1 Å². The Bertz CT molecular complexity index is 521. The maximum atomic E-state index is 11.9. The Balaban J connectivity index is 1.93. The van der Waals surface area contributed by atoms with E-state index in [1.54, 1.807) is 0 Å². The number of benzene rings is 1. The minimum absolute atomic E-state index is 0.0559. The molecule has 4 nitrogen and oxygen atoms in total. The van der Waals surface area contributed by atoms with E-state index in [9.17, 15) is 9.90 Å². The van der Waals surface area contributed by atoms with Crippen molar-refractivity contribution in [2.75, 3.05) is 0 Å². The molecule has 1 aliphatic carbocycles. The van der Waals surface area contributed by atoms with Gasteiger partial charge in [-0.15, -0.1) is 0 Å². The summed E-state index contributed by atoms with van der Waals surface area (Å²) in [4.78, 5) is 11.9. The van der Waals surface area contributed by atoms with Crippen molar-refractivity contribution in [2.45, 2.75) is 32.3 Å². The predicted molar refractivity (Wildman–Crippen MR) is 72.7 cm³/mol. The van der Waals surface area contributed by atoms with Gasteiger partial charge >= 0.3 is 0 Å². The van der Waals surface area contributed by atoms with Crippen LogP contribution in [0.25, 0.3) is 0 Å². The number of hydrazone groups is 1. The number of carbonyl (C=O) groups excluding carboxylic acids is 1. The summed E-state index contributed by atoms with van der Waals surface area (Å²) >= 11 is 0. The highest BCUT2D eigenvalue weighted by Gasteiger charge is 2.40. The van der Waals surface area contributed by atoms with Crippen molar-refractivity contribution in [2.24, 2.45) is 16.9 Å². The number of hydrogen-bond acceptors (Lipinski definition) is 3. The van der Waals surface area contributed by atoms with Crippen LogP contribution in [0.4, 0.5) is 0 Å². The topological polar surface area (TPSA) is 61.7 Å². The lowest BCUT2D eigenvalue weighted by Crippen LogP contribution is -2.46. The van der Waals surface area contributed by atoms with Gasteiger partial charge in [0.05, 0.1) is 17.7 Å². The molecule has 0 aromatic heterocycles. The van der Waals surface area contributed by atoms with E-state index in [0.29, 0.717) is 6.42 Å². The van der Waals surface area contributed by atoms with Crippen LogP contribution in [0.1, 0.15) is 30.4 Å². The highest BCUT2D eigenvalue weighted by molar-refractivity contribution is 6.06. The molecule has 100 valence electrons. The average Bonchev–Trinajstić information content (AvgIpc) is 2.41. The molecule has 1 saturated carbocycles. The zero-order chi connectivity index (χ0) is 13.4. The summed E-state index contributed by atoms with van der Waals surface area (Å²) in [5, 5.41) is 14.0. The third-order valence-corrected chi connectivity index (χ3v) is 4.14. The van der Waals surface area contributed by atoms with Gasteiger partial charge in [-0.2, -0.15) is 5.10 Å². The number of carbonyl (C=O) groups is 1. The zero-order valence-electron chi connectivity index (χ0n) is 11.0. The molecule has 4 heteroatoms. The number of amides is 1. The molecule has 0 bridgehead atoms. The van der Waals surface area contributed by atoms with E-state index >= 15 is 0 Å². The predicted octanol–water partition coefficient (Wildman–Crippen LogP) is 1.61. The number of hydrogen-bond donors (Lipinski definition) is 2. The van der Waals surface area contributed by atoms with Crippen molar-refractivity contribution >= 4 is 11.6 Å². The molecule has 0 saturated heterocycles. The minimum atomic E-state index is -0.357. The van der Waals surface area contributed by atoms with Crippen molar-refractivity contribution < 1.29 is 9.90 Å². The molecule has 2 N–H and O–H groups in total. The summed E-state index contributed by atoms with van der Waals surface area (Å²) in [5.41, 5.74) is 5.83. The van der Waals surface area contributed by atoms with Crippen LogP contribution in [-0.4, -0.2) is 22.8 Å². The number of fused-ring (bicyclic) bond motifs is 1. The van der Waals surface area contributed by atoms with Crippen molar-refractivity contribution in [1.29, 1.82) is 0 Å². The van der Waals surface area contributed by atoms with Gasteiger partial charge in [-0.05, 0) is 31.7 Å². The van der Waals surface area contributed by atoms with Crippen LogP contribution < -0.4 is 5.43 Å². The van der Waals surface area contributed by atoms with Gasteiger partial charge < -0.3 is 5.11 Å². The van der Waals surface area contributed by atoms with Gasteiger partial charge in [-0.3, -0.25) is 4.79 Å². The van der Waals surface area contributed by atoms with E-state index in [0.717, 1.165) is 24.1 Å². The molecule has 3 rings (SSSR count). The van der Waals surface area contributed by atoms with Crippen molar-refractivity contribution in [3.05, 3.63) is 35.4 Å². The van der Waals surface area contributed by atoms with E-state index in [4.69, 9.17) is 0 Å². The zero-order valence-corrected chi connectivity index (χ0v) is 11.0. The summed E-state index contributed by atoms with van der Waals surface area (Å²) in [6.45, 7) is 2.05. The number of nitrogens with one attached hydrogen (secondary N) is 1. The average molecular weight is 258 g/mol. The second-order valence-corrected chi connectivity index (χ2v) is 5.52. The monoisotopic (exact) mass is 258 g/mol. The lowest BCUT2D eigenvalue weighted by Gasteiger charge is -2.36. The minimum Gasteiger partial charge on any atom is -0.393 e. The van der Waals surface area contributed by atoms with Crippen molar-refractivity contribution in [3.63, 3.8) is 0 Å². The van der Waals surface area contributed by atoms with Gasteiger partial charge in [0.15, 0.2) is 0 Å². The maximum absolute atomic E-state index is 11.9. The number of aryl methyl sites for hydroxylation is 1. The van der Waals surface area contributed by atoms with Crippen LogP contribution in [0.3, 0.4) is 0 Å². The summed E-state index contributed by atoms with van der Waals surface area (Å²) in [6.07, 6.45) is 1.76. The first-order valence-corrected chi connectivity index (χ1v) is 6.77. The van der Waals surface area contributed by atoms with Gasteiger partial charge in [-0.1, -0.05) is 29.8 Å². The second kappa shape index (κ2) is 4.78. The van der Waals surface area contributed by atoms with Gasteiger partial charge in [0.2, 0.25) is 5.91 Å². The van der Waals surface area contributed by atoms with E-state index < -0.39 is 0 Å². The molecule has 1 aliphatic heterocycles. The van der Waals surface area contributed by atoms with E-state index in [2.05, 4.69) is 22.7 Å². The standard InChI is InChI=1S/C15H18N2O2/c1-9-2-4-10(5-3-9)14-12-7-6-11(18)8-13(12)15(19)17-16-14/h2-5,11-13,18H,6-8H2,1H3,(H,17,19)/t11-,12+,13-/m1/s1. The fourth-order valence-electron chi connectivity index (χ4n) is 3.05. The Labute approximate surface area is 112 Å². The molecule has 3 atom stereocenters. The Hall–Kier alpha value is -1.68. The Morgan fingerprint density at radius 3 is 2.68 bits per heavy atom. The molecular formula is C15H18N2O2. The van der Waals surface area contributed by atoms with E-state index in [1.165, 1.54) is 5.56 Å². The number of rotatable bonds is 1. The van der Waals surface area contributed by atoms with Gasteiger partial charge in [0.1, 0.15) is 0 Å². The Morgan fingerprint density at radius 2 is 1.95 bits per heavy atom. The maximum Gasteiger partial charge on any atom is 0.243 e. The molecule has 19 heavy (non-hydrogen) atoms. The Kier molecular flexibility index (Phi) is 3.11. The fraction of sp³-hybridized carbons (Fsp3) is 0.467. The normalized spacial score (nSPS) is 30.3. The van der Waals surface area contributed by atoms with Crippen LogP contribution in [0.2, 0.25) is 0 Å². The van der Waals surface area contributed by atoms with Crippen LogP contribution >= 0.6 is 0 Å². The fourth-order valence-corrected chi connectivity index (χ4v) is 3.05. The third kappa shape index (κ3) is 2.28. The molecular weight excluding hydrogens is 240 g/mol. The highest BCUT2D eigenvalue weighted by atomic mass is 16.3. The number of aliphatic hydroxyl groups excluding tert-OH is 1. The van der Waals surface area contributed by atoms with Crippen LogP contribution in [0.5, 0.6) is 0 Å².